The van der Waals surface area contributed by atoms with E-state index >= 15 is 0 Å². The molecule has 0 radical (unpaired) electrons. The van der Waals surface area contributed by atoms with Crippen molar-refractivity contribution in [1.82, 2.24) is 14.5 Å². The summed E-state index contributed by atoms with van der Waals surface area (Å²) in [6, 6.07) is 0. The molecule has 4 unspecified atom stereocenters. The fourth-order valence-corrected chi connectivity index (χ4v) is 3.12. The summed E-state index contributed by atoms with van der Waals surface area (Å²) in [6.45, 7) is 4.12. The lowest BCUT2D eigenvalue weighted by molar-refractivity contribution is -0.745. The highest BCUT2D eigenvalue weighted by Crippen LogP contribution is 2.29. The van der Waals surface area contributed by atoms with Gasteiger partial charge in [-0.15, -0.1) is 0 Å². The second-order valence-electron chi connectivity index (χ2n) is 6.40. The molecule has 3 rings (SSSR count). The molecule has 138 valence electrons. The Morgan fingerprint density at radius 3 is 2.92 bits per heavy atom. The monoisotopic (exact) mass is 354 g/mol. The molecule has 0 aromatic carbocycles. The zero-order chi connectivity index (χ0) is 18.3. The number of hydrogen-bond acceptors (Lipinski definition) is 7. The number of ether oxygens (including phenoxy) is 3. The molecule has 0 saturated carbocycles. The van der Waals surface area contributed by atoms with Gasteiger partial charge in [-0.25, -0.2) is 4.57 Å². The highest BCUT2D eigenvalue weighted by Gasteiger charge is 2.48. The molecular weight excluding hydrogens is 330 g/mol. The number of H-pyrrole nitrogens is 1. The van der Waals surface area contributed by atoms with Crippen molar-refractivity contribution < 1.29 is 23.9 Å². The van der Waals surface area contributed by atoms with E-state index in [1.165, 1.54) is 7.11 Å². The van der Waals surface area contributed by atoms with Crippen LogP contribution in [0.5, 0.6) is 0 Å². The standard InChI is InChI=1S/C15H23N5O5/c1-7(2)24-5-8-11(23-4)10(21)14(25-8)20-6-19(3)9-12(20)17-15(16)18-13(9)22/h6-8,10-11,14,21H,5H2,1-4H3,(H2-,16,17,18,22)/p+1. The minimum absolute atomic E-state index is 0.00656. The Bertz CT molecular complexity index is 816. The Morgan fingerprint density at radius 1 is 1.56 bits per heavy atom. The van der Waals surface area contributed by atoms with Gasteiger partial charge >= 0.3 is 5.65 Å². The van der Waals surface area contributed by atoms with Crippen LogP contribution in [0.25, 0.3) is 11.2 Å². The Kier molecular flexibility index (Phi) is 4.78. The van der Waals surface area contributed by atoms with E-state index in [1.54, 1.807) is 22.5 Å². The predicted molar refractivity (Wildman–Crippen MR) is 87.7 cm³/mol. The molecule has 0 bridgehead atoms. The third kappa shape index (κ3) is 3.13. The summed E-state index contributed by atoms with van der Waals surface area (Å²) in [4.78, 5) is 18.8. The van der Waals surface area contributed by atoms with Crippen LogP contribution in [0.15, 0.2) is 11.1 Å². The number of nitrogen functional groups attached to an aromatic ring is 1. The summed E-state index contributed by atoms with van der Waals surface area (Å²) in [7, 11) is 3.22. The molecule has 3 heterocycles. The molecule has 0 spiro atoms. The van der Waals surface area contributed by atoms with Crippen molar-refractivity contribution in [2.24, 2.45) is 7.05 Å². The number of nitrogens with zero attached hydrogens (tertiary/aromatic N) is 3. The van der Waals surface area contributed by atoms with Crippen molar-refractivity contribution in [3.63, 3.8) is 0 Å². The highest BCUT2D eigenvalue weighted by molar-refractivity contribution is 5.67. The number of aliphatic hydroxyl groups is 1. The number of fused-ring (bicyclic) bond motifs is 1. The molecule has 2 aromatic rings. The van der Waals surface area contributed by atoms with E-state index in [0.717, 1.165) is 0 Å². The zero-order valence-electron chi connectivity index (χ0n) is 14.7. The average Bonchev–Trinajstić information content (AvgIpc) is 3.02. The van der Waals surface area contributed by atoms with Crippen LogP contribution in [-0.4, -0.2) is 57.8 Å². The molecule has 10 heteroatoms. The maximum atomic E-state index is 12.1. The van der Waals surface area contributed by atoms with Gasteiger partial charge in [-0.1, -0.05) is 4.98 Å². The van der Waals surface area contributed by atoms with Gasteiger partial charge in [-0.3, -0.25) is 14.3 Å². The van der Waals surface area contributed by atoms with Crippen molar-refractivity contribution in [2.45, 2.75) is 44.5 Å². The van der Waals surface area contributed by atoms with Crippen molar-refractivity contribution in [1.29, 1.82) is 0 Å². The summed E-state index contributed by atoms with van der Waals surface area (Å²) < 4.78 is 20.2. The number of aromatic nitrogens is 4. The fourth-order valence-electron chi connectivity index (χ4n) is 3.12. The van der Waals surface area contributed by atoms with Crippen LogP contribution in [-0.2, 0) is 21.3 Å². The maximum Gasteiger partial charge on any atom is 0.313 e. The van der Waals surface area contributed by atoms with E-state index < -0.39 is 24.5 Å². The minimum atomic E-state index is -0.955. The number of anilines is 1. The molecule has 1 saturated heterocycles. The Hall–Kier alpha value is -2.01. The second-order valence-corrected chi connectivity index (χ2v) is 6.40. The lowest BCUT2D eigenvalue weighted by atomic mass is 10.1. The van der Waals surface area contributed by atoms with Crippen LogP contribution < -0.4 is 15.9 Å². The first-order chi connectivity index (χ1) is 11.8. The first-order valence-corrected chi connectivity index (χ1v) is 8.07. The lowest BCUT2D eigenvalue weighted by Gasteiger charge is -2.19. The van der Waals surface area contributed by atoms with Gasteiger partial charge in [0.25, 0.3) is 11.5 Å². The molecule has 4 N–H and O–H groups in total. The predicted octanol–water partition coefficient (Wildman–Crippen LogP) is -1.17. The van der Waals surface area contributed by atoms with Crippen molar-refractivity contribution >= 4 is 17.1 Å². The van der Waals surface area contributed by atoms with Crippen LogP contribution in [0.4, 0.5) is 5.95 Å². The van der Waals surface area contributed by atoms with Crippen LogP contribution in [0.1, 0.15) is 20.1 Å². The van der Waals surface area contributed by atoms with Crippen LogP contribution in [0, 0.1) is 0 Å². The van der Waals surface area contributed by atoms with Crippen LogP contribution >= 0.6 is 0 Å². The Balaban J connectivity index is 1.99. The molecule has 1 aliphatic heterocycles. The largest absolute Gasteiger partial charge is 0.384 e. The van der Waals surface area contributed by atoms with E-state index in [-0.39, 0.29) is 24.2 Å². The topological polar surface area (TPSA) is 128 Å². The van der Waals surface area contributed by atoms with Gasteiger partial charge in [-0.05, 0) is 13.8 Å². The van der Waals surface area contributed by atoms with E-state index in [9.17, 15) is 9.90 Å². The molecular formula is C15H24N5O5+. The average molecular weight is 354 g/mol. The Labute approximate surface area is 144 Å². The Morgan fingerprint density at radius 2 is 2.28 bits per heavy atom. The molecule has 1 fully saturated rings. The van der Waals surface area contributed by atoms with Crippen LogP contribution in [0.3, 0.4) is 0 Å². The quantitative estimate of drug-likeness (QED) is 0.577. The first-order valence-electron chi connectivity index (χ1n) is 8.07. The molecule has 0 amide bonds. The number of nitrogens with one attached hydrogen (secondary N) is 1. The van der Waals surface area contributed by atoms with E-state index in [1.807, 2.05) is 13.8 Å². The van der Waals surface area contributed by atoms with E-state index in [2.05, 4.69) is 9.97 Å². The van der Waals surface area contributed by atoms with Gasteiger partial charge in [-0.2, -0.15) is 0 Å². The van der Waals surface area contributed by atoms with Gasteiger partial charge < -0.3 is 25.1 Å². The second kappa shape index (κ2) is 6.71. The number of aryl methyl sites for hydroxylation is 1. The third-order valence-electron chi connectivity index (χ3n) is 4.24. The molecule has 0 aliphatic carbocycles. The fraction of sp³-hybridized carbons (Fsp3) is 0.667. The third-order valence-corrected chi connectivity index (χ3v) is 4.24. The molecule has 4 atom stereocenters. The van der Waals surface area contributed by atoms with Crippen molar-refractivity contribution in [3.05, 3.63) is 16.7 Å². The van der Waals surface area contributed by atoms with E-state index in [0.29, 0.717) is 11.2 Å². The minimum Gasteiger partial charge on any atom is -0.384 e. The number of methoxy groups -OCH3 is 1. The van der Waals surface area contributed by atoms with Gasteiger partial charge in [0.1, 0.15) is 18.3 Å². The number of hydrogen-bond donors (Lipinski definition) is 3. The maximum absolute atomic E-state index is 12.1. The summed E-state index contributed by atoms with van der Waals surface area (Å²) in [5.41, 5.74) is 5.96. The number of aliphatic hydroxyl groups excluding tert-OH is 1. The summed E-state index contributed by atoms with van der Waals surface area (Å²) in [5.74, 6) is -0.00656. The number of aromatic amines is 1. The normalized spacial score (nSPS) is 26.8. The van der Waals surface area contributed by atoms with Crippen molar-refractivity contribution in [3.8, 4) is 0 Å². The summed E-state index contributed by atoms with van der Waals surface area (Å²) >= 11 is 0. The van der Waals surface area contributed by atoms with Gasteiger partial charge in [0.05, 0.1) is 19.8 Å². The van der Waals surface area contributed by atoms with Crippen LogP contribution in [0.2, 0.25) is 0 Å². The molecule has 2 aromatic heterocycles. The number of nitrogens with two attached hydrogens (primary N) is 1. The summed E-state index contributed by atoms with van der Waals surface area (Å²) in [6.07, 6.45) is -1.08. The summed E-state index contributed by atoms with van der Waals surface area (Å²) in [5, 5.41) is 10.7. The molecule has 10 nitrogen and oxygen atoms in total. The zero-order valence-corrected chi connectivity index (χ0v) is 14.7. The van der Waals surface area contributed by atoms with Gasteiger partial charge in [0, 0.05) is 7.11 Å². The first kappa shape index (κ1) is 17.8. The van der Waals surface area contributed by atoms with Crippen molar-refractivity contribution in [2.75, 3.05) is 19.5 Å². The SMILES string of the molecule is COC1C(COC(C)C)OC([n+]2cn(C)c3c(=O)[nH]c(N)nc32)C1O. The molecule has 25 heavy (non-hydrogen) atoms. The lowest BCUT2D eigenvalue weighted by Crippen LogP contribution is -2.46. The highest BCUT2D eigenvalue weighted by atomic mass is 16.6. The van der Waals surface area contributed by atoms with Gasteiger partial charge in [0.2, 0.25) is 11.7 Å². The number of rotatable bonds is 5. The van der Waals surface area contributed by atoms with Gasteiger partial charge in [0.15, 0.2) is 6.33 Å². The number of imidazole rings is 1. The van der Waals surface area contributed by atoms with E-state index in [4.69, 9.17) is 19.9 Å². The molecule has 1 aliphatic rings. The smallest absolute Gasteiger partial charge is 0.313 e.